The highest BCUT2D eigenvalue weighted by Gasteiger charge is 2.28. The van der Waals surface area contributed by atoms with Crippen LogP contribution in [0.3, 0.4) is 0 Å². The topological polar surface area (TPSA) is 32.3 Å². The summed E-state index contributed by atoms with van der Waals surface area (Å²) in [5.74, 6) is -0.332. The van der Waals surface area contributed by atoms with Crippen LogP contribution in [0.2, 0.25) is 0 Å². The van der Waals surface area contributed by atoms with Gasteiger partial charge in [-0.3, -0.25) is 4.79 Å². The van der Waals surface area contributed by atoms with E-state index in [1.165, 1.54) is 0 Å². The lowest BCUT2D eigenvalue weighted by Gasteiger charge is -2.30. The Kier molecular flexibility index (Phi) is 2.61. The molecule has 0 unspecified atom stereocenters. The maximum absolute atomic E-state index is 11.9. The van der Waals surface area contributed by atoms with E-state index in [0.29, 0.717) is 6.54 Å². The zero-order valence-corrected chi connectivity index (χ0v) is 6.40. The molecule has 3 nitrogen and oxygen atoms in total. The van der Waals surface area contributed by atoms with Crippen LogP contribution in [-0.4, -0.2) is 43.9 Å². The zero-order chi connectivity index (χ0) is 9.19. The molecule has 12 heavy (non-hydrogen) atoms. The molecule has 1 aliphatic heterocycles. The van der Waals surface area contributed by atoms with Gasteiger partial charge in [0.1, 0.15) is 0 Å². The van der Waals surface area contributed by atoms with Crippen molar-refractivity contribution in [3.05, 3.63) is 0 Å². The maximum Gasteiger partial charge on any atom is 0.492 e. The molecule has 1 saturated heterocycles. The van der Waals surface area contributed by atoms with Crippen molar-refractivity contribution in [2.24, 2.45) is 0 Å². The van der Waals surface area contributed by atoms with Gasteiger partial charge in [0.15, 0.2) is 0 Å². The van der Waals surface area contributed by atoms with Crippen LogP contribution in [-0.2, 0) is 4.79 Å². The lowest BCUT2D eigenvalue weighted by molar-refractivity contribution is -0.123. The molecule has 70 valence electrons. The lowest BCUT2D eigenvalue weighted by Crippen LogP contribution is -2.51. The predicted octanol–water partition coefficient (Wildman–Crippen LogP) is -0.195. The van der Waals surface area contributed by atoms with Crippen LogP contribution >= 0.6 is 0 Å². The van der Waals surface area contributed by atoms with Crippen molar-refractivity contribution in [2.75, 3.05) is 26.1 Å². The largest absolute Gasteiger partial charge is 0.492 e. The van der Waals surface area contributed by atoms with Crippen LogP contribution in [0.1, 0.15) is 0 Å². The Bertz CT molecular complexity index is 184. The first kappa shape index (κ1) is 9.37. The molecule has 1 amide bonds. The smallest absolute Gasteiger partial charge is 0.448 e. The number of carbonyl (C=O) groups excluding carboxylic acids is 1. The van der Waals surface area contributed by atoms with Crippen molar-refractivity contribution in [1.82, 2.24) is 10.2 Å². The van der Waals surface area contributed by atoms with Gasteiger partial charge in [0.05, 0.1) is 6.54 Å². The van der Waals surface area contributed by atoms with Crippen molar-refractivity contribution < 1.29 is 17.7 Å². The molecule has 7 heteroatoms. The third kappa shape index (κ3) is 3.12. The number of amides is 1. The molecule has 1 aliphatic rings. The summed E-state index contributed by atoms with van der Waals surface area (Å²) in [5, 5.41) is 2.46. The van der Waals surface area contributed by atoms with E-state index in [-0.39, 0.29) is 19.0 Å². The number of rotatable bonds is 2. The van der Waals surface area contributed by atoms with E-state index >= 15 is 0 Å². The molecule has 0 aromatic heterocycles. The van der Waals surface area contributed by atoms with Gasteiger partial charge in [-0.15, -0.1) is 0 Å². The number of piperazine rings is 1. The average molecular weight is 181 g/mol. The first-order chi connectivity index (χ1) is 5.47. The Balaban J connectivity index is 2.37. The van der Waals surface area contributed by atoms with Crippen LogP contribution in [0.5, 0.6) is 0 Å². The second-order valence-electron chi connectivity index (χ2n) is 2.80. The summed E-state index contributed by atoms with van der Waals surface area (Å²) in [4.78, 5) is 11.8. The molecule has 0 aromatic rings. The van der Waals surface area contributed by atoms with Gasteiger partial charge in [0.25, 0.3) is 0 Å². The number of nitrogens with one attached hydrogen (secondary N) is 1. The highest BCUT2D eigenvalue weighted by atomic mass is 19.4. The molecule has 0 aliphatic carbocycles. The fourth-order valence-corrected chi connectivity index (χ4v) is 1.14. The van der Waals surface area contributed by atoms with Gasteiger partial charge >= 0.3 is 6.98 Å². The third-order valence-electron chi connectivity index (χ3n) is 1.58. The van der Waals surface area contributed by atoms with Crippen molar-refractivity contribution in [1.29, 1.82) is 0 Å². The molecule has 0 spiro atoms. The Morgan fingerprint density at radius 2 is 2.17 bits per heavy atom. The number of hydrogen-bond acceptors (Lipinski definition) is 2. The second-order valence-corrected chi connectivity index (χ2v) is 2.80. The predicted molar refractivity (Wildman–Crippen MR) is 38.5 cm³/mol. The van der Waals surface area contributed by atoms with Crippen molar-refractivity contribution in [3.8, 4) is 0 Å². The van der Waals surface area contributed by atoms with Gasteiger partial charge in [0, 0.05) is 13.1 Å². The molecule has 0 aromatic carbocycles. The number of halogens is 3. The summed E-state index contributed by atoms with van der Waals surface area (Å²) in [6.07, 6.45) is -0.937. The Morgan fingerprint density at radius 1 is 1.50 bits per heavy atom. The molecule has 0 bridgehead atoms. The van der Waals surface area contributed by atoms with Crippen LogP contribution in [0.25, 0.3) is 0 Å². The summed E-state index contributed by atoms with van der Waals surface area (Å²) in [7, 11) is 0. The average Bonchev–Trinajstić information content (AvgIpc) is 1.82. The highest BCUT2D eigenvalue weighted by molar-refractivity contribution is 6.58. The van der Waals surface area contributed by atoms with E-state index in [0.717, 1.165) is 4.90 Å². The van der Waals surface area contributed by atoms with Gasteiger partial charge < -0.3 is 23.2 Å². The summed E-state index contributed by atoms with van der Waals surface area (Å²) < 4.78 is 35.6. The Hall–Kier alpha value is -0.715. The van der Waals surface area contributed by atoms with Crippen LogP contribution in [0, 0.1) is 0 Å². The van der Waals surface area contributed by atoms with E-state index < -0.39 is 13.4 Å². The van der Waals surface area contributed by atoms with Gasteiger partial charge in [-0.25, -0.2) is 0 Å². The van der Waals surface area contributed by atoms with E-state index in [2.05, 4.69) is 5.32 Å². The minimum atomic E-state index is -4.80. The van der Waals surface area contributed by atoms with Crippen molar-refractivity contribution in [3.63, 3.8) is 0 Å². The molecular weight excluding hydrogens is 172 g/mol. The summed E-state index contributed by atoms with van der Waals surface area (Å²) in [6.45, 7) is -4.35. The fourth-order valence-electron chi connectivity index (χ4n) is 1.14. The lowest BCUT2D eigenvalue weighted by atomic mass is 9.91. The molecule has 0 saturated carbocycles. The molecular formula is C5H9BF3N2O-. The summed E-state index contributed by atoms with van der Waals surface area (Å²) in [6, 6.07) is 0. The molecule has 0 atom stereocenters. The normalized spacial score (nSPS) is 20.8. The van der Waals surface area contributed by atoms with E-state index in [4.69, 9.17) is 0 Å². The third-order valence-corrected chi connectivity index (χ3v) is 1.58. The van der Waals surface area contributed by atoms with Crippen LogP contribution < -0.4 is 5.32 Å². The van der Waals surface area contributed by atoms with Crippen molar-refractivity contribution in [2.45, 2.75) is 0 Å². The second kappa shape index (κ2) is 3.34. The molecule has 1 N–H and O–H groups in total. The first-order valence-corrected chi connectivity index (χ1v) is 3.67. The zero-order valence-electron chi connectivity index (χ0n) is 6.40. The van der Waals surface area contributed by atoms with E-state index in [1.54, 1.807) is 0 Å². The maximum atomic E-state index is 11.9. The standard InChI is InChI=1S/C5H9BF3N2O/c7-6(8,9)4-11-2-1-10-5(12)3-11/h1-4H2,(H,10,12)/q-1. The molecule has 1 heterocycles. The van der Waals surface area contributed by atoms with Crippen LogP contribution in [0.4, 0.5) is 12.9 Å². The SMILES string of the molecule is O=C1CN(C[B-](F)(F)F)CCN1. The fraction of sp³-hybridized carbons (Fsp3) is 0.800. The minimum Gasteiger partial charge on any atom is -0.448 e. The highest BCUT2D eigenvalue weighted by Crippen LogP contribution is 2.10. The van der Waals surface area contributed by atoms with E-state index in [9.17, 15) is 17.7 Å². The molecule has 1 rings (SSSR count). The Labute approximate surface area is 68.0 Å². The minimum absolute atomic E-state index is 0.138. The number of nitrogens with zero attached hydrogens (tertiary/aromatic N) is 1. The molecule has 1 fully saturated rings. The summed E-state index contributed by atoms with van der Waals surface area (Å²) >= 11 is 0. The first-order valence-electron chi connectivity index (χ1n) is 3.67. The number of hydrogen-bond donors (Lipinski definition) is 1. The van der Waals surface area contributed by atoms with Gasteiger partial charge in [-0.2, -0.15) is 0 Å². The Morgan fingerprint density at radius 3 is 2.67 bits per heavy atom. The van der Waals surface area contributed by atoms with Gasteiger partial charge in [0.2, 0.25) is 5.91 Å². The van der Waals surface area contributed by atoms with E-state index in [1.807, 2.05) is 0 Å². The quantitative estimate of drug-likeness (QED) is 0.598. The van der Waals surface area contributed by atoms with Crippen molar-refractivity contribution >= 4 is 12.9 Å². The molecule has 0 radical (unpaired) electrons. The van der Waals surface area contributed by atoms with Gasteiger partial charge in [-0.1, -0.05) is 0 Å². The van der Waals surface area contributed by atoms with Crippen LogP contribution in [0.15, 0.2) is 0 Å². The monoisotopic (exact) mass is 181 g/mol. The summed E-state index contributed by atoms with van der Waals surface area (Å²) in [5.41, 5.74) is 0. The van der Waals surface area contributed by atoms with Gasteiger partial charge in [-0.05, 0) is 6.44 Å². The number of carbonyl (C=O) groups is 1.